The van der Waals surface area contributed by atoms with Gasteiger partial charge in [-0.25, -0.2) is 0 Å². The van der Waals surface area contributed by atoms with Crippen LogP contribution >= 0.6 is 0 Å². The summed E-state index contributed by atoms with van der Waals surface area (Å²) in [5.74, 6) is 0. The Hall–Kier alpha value is -1.84. The van der Waals surface area contributed by atoms with Gasteiger partial charge in [0.15, 0.2) is 0 Å². The van der Waals surface area contributed by atoms with Gasteiger partial charge >= 0.3 is 0 Å². The minimum atomic E-state index is 0.532. The summed E-state index contributed by atoms with van der Waals surface area (Å²) in [5, 5.41) is 0. The number of aryl methyl sites for hydroxylation is 1. The van der Waals surface area contributed by atoms with Crippen LogP contribution < -0.4 is 4.90 Å². The molecule has 0 amide bonds. The smallest absolute Gasteiger partial charge is 0.0367 e. The van der Waals surface area contributed by atoms with Crippen LogP contribution in [0.5, 0.6) is 0 Å². The molecule has 2 heterocycles. The minimum absolute atomic E-state index is 0.532. The van der Waals surface area contributed by atoms with Gasteiger partial charge < -0.3 is 4.90 Å². The summed E-state index contributed by atoms with van der Waals surface area (Å²) < 4.78 is 0. The van der Waals surface area contributed by atoms with Crippen molar-refractivity contribution in [2.24, 2.45) is 0 Å². The standard InChI is InChI=1S/C26H37N3/c1-3-7-23-10-12-25(13-11-23)28-18-20-29(21-19-28)26-14-16-27(17-15-26)22(2)24-8-5-4-6-9-24/h4-6,8-13,22,26H,3,7,14-21H2,1-2H3. The van der Waals surface area contributed by atoms with Crippen LogP contribution in [0.2, 0.25) is 0 Å². The summed E-state index contributed by atoms with van der Waals surface area (Å²) >= 11 is 0. The molecule has 0 N–H and O–H groups in total. The predicted molar refractivity (Wildman–Crippen MR) is 124 cm³/mol. The Kier molecular flexibility index (Phi) is 6.89. The highest BCUT2D eigenvalue weighted by atomic mass is 15.3. The molecule has 0 bridgehead atoms. The van der Waals surface area contributed by atoms with E-state index in [2.05, 4.69) is 83.1 Å². The van der Waals surface area contributed by atoms with E-state index in [-0.39, 0.29) is 0 Å². The Labute approximate surface area is 177 Å². The predicted octanol–water partition coefficient (Wildman–Crippen LogP) is 4.99. The molecule has 2 fully saturated rings. The van der Waals surface area contributed by atoms with Crippen LogP contribution in [0.1, 0.15) is 50.3 Å². The number of rotatable bonds is 6. The summed E-state index contributed by atoms with van der Waals surface area (Å²) in [5.41, 5.74) is 4.31. The molecular weight excluding hydrogens is 354 g/mol. The number of hydrogen-bond acceptors (Lipinski definition) is 3. The van der Waals surface area contributed by atoms with Gasteiger partial charge in [0.2, 0.25) is 0 Å². The summed E-state index contributed by atoms with van der Waals surface area (Å²) in [6.07, 6.45) is 5.03. The van der Waals surface area contributed by atoms with E-state index in [1.54, 1.807) is 0 Å². The molecule has 4 rings (SSSR count). The lowest BCUT2D eigenvalue weighted by molar-refractivity contribution is 0.0840. The van der Waals surface area contributed by atoms with Crippen molar-refractivity contribution in [2.45, 2.75) is 51.6 Å². The first-order valence-electron chi connectivity index (χ1n) is 11.6. The quantitative estimate of drug-likeness (QED) is 0.687. The number of anilines is 1. The van der Waals surface area contributed by atoms with Gasteiger partial charge in [0.05, 0.1) is 0 Å². The monoisotopic (exact) mass is 391 g/mol. The lowest BCUT2D eigenvalue weighted by Gasteiger charge is -2.44. The Morgan fingerprint density at radius 2 is 1.48 bits per heavy atom. The van der Waals surface area contributed by atoms with Crippen molar-refractivity contribution in [3.05, 3.63) is 65.7 Å². The van der Waals surface area contributed by atoms with Crippen molar-refractivity contribution in [1.29, 1.82) is 0 Å². The maximum Gasteiger partial charge on any atom is 0.0367 e. The highest BCUT2D eigenvalue weighted by molar-refractivity contribution is 5.48. The number of piperazine rings is 1. The molecule has 2 aliphatic heterocycles. The van der Waals surface area contributed by atoms with E-state index < -0.39 is 0 Å². The van der Waals surface area contributed by atoms with Gasteiger partial charge in [0.25, 0.3) is 0 Å². The largest absolute Gasteiger partial charge is 0.369 e. The summed E-state index contributed by atoms with van der Waals surface area (Å²) in [7, 11) is 0. The van der Waals surface area contributed by atoms with Crippen molar-refractivity contribution < 1.29 is 0 Å². The van der Waals surface area contributed by atoms with E-state index in [4.69, 9.17) is 0 Å². The number of likely N-dealkylation sites (tertiary alicyclic amines) is 1. The second-order valence-electron chi connectivity index (χ2n) is 8.79. The average molecular weight is 392 g/mol. The van der Waals surface area contributed by atoms with Crippen molar-refractivity contribution in [3.63, 3.8) is 0 Å². The van der Waals surface area contributed by atoms with Gasteiger partial charge in [-0.1, -0.05) is 55.8 Å². The first kappa shape index (κ1) is 20.4. The highest BCUT2D eigenvalue weighted by Gasteiger charge is 2.29. The molecule has 2 aliphatic rings. The molecule has 3 nitrogen and oxygen atoms in total. The molecule has 0 spiro atoms. The lowest BCUT2D eigenvalue weighted by atomic mass is 9.98. The first-order chi connectivity index (χ1) is 14.2. The van der Waals surface area contributed by atoms with E-state index in [1.165, 1.54) is 68.7 Å². The Bertz CT molecular complexity index is 726. The molecule has 156 valence electrons. The zero-order valence-electron chi connectivity index (χ0n) is 18.3. The zero-order chi connectivity index (χ0) is 20.1. The van der Waals surface area contributed by atoms with Crippen molar-refractivity contribution in [1.82, 2.24) is 9.80 Å². The van der Waals surface area contributed by atoms with E-state index in [1.807, 2.05) is 0 Å². The van der Waals surface area contributed by atoms with E-state index >= 15 is 0 Å². The third-order valence-electron chi connectivity index (χ3n) is 7.00. The third-order valence-corrected chi connectivity index (χ3v) is 7.00. The molecule has 29 heavy (non-hydrogen) atoms. The van der Waals surface area contributed by atoms with Crippen LogP contribution in [-0.2, 0) is 6.42 Å². The van der Waals surface area contributed by atoms with Gasteiger partial charge in [-0.15, -0.1) is 0 Å². The van der Waals surface area contributed by atoms with Gasteiger partial charge in [-0.05, 0) is 49.4 Å². The summed E-state index contributed by atoms with van der Waals surface area (Å²) in [6.45, 7) is 11.8. The van der Waals surface area contributed by atoms with Crippen molar-refractivity contribution in [3.8, 4) is 0 Å². The molecule has 0 radical (unpaired) electrons. The molecule has 2 saturated heterocycles. The van der Waals surface area contributed by atoms with E-state index in [9.17, 15) is 0 Å². The minimum Gasteiger partial charge on any atom is -0.369 e. The van der Waals surface area contributed by atoms with Crippen LogP contribution in [0.15, 0.2) is 54.6 Å². The number of hydrogen-bond donors (Lipinski definition) is 0. The van der Waals surface area contributed by atoms with Crippen molar-refractivity contribution in [2.75, 3.05) is 44.2 Å². The Balaban J connectivity index is 1.25. The normalized spacial score (nSPS) is 20.7. The molecule has 1 unspecified atom stereocenters. The van der Waals surface area contributed by atoms with Crippen LogP contribution in [0.4, 0.5) is 5.69 Å². The SMILES string of the molecule is CCCc1ccc(N2CCN(C3CCN(C(C)c4ccccc4)CC3)CC2)cc1. The summed E-state index contributed by atoms with van der Waals surface area (Å²) in [4.78, 5) is 7.99. The maximum absolute atomic E-state index is 2.76. The number of benzene rings is 2. The third kappa shape index (κ3) is 5.02. The van der Waals surface area contributed by atoms with Crippen LogP contribution in [0, 0.1) is 0 Å². The molecule has 1 atom stereocenters. The molecule has 0 aromatic heterocycles. The van der Waals surface area contributed by atoms with E-state index in [0.29, 0.717) is 6.04 Å². The molecular formula is C26H37N3. The maximum atomic E-state index is 2.76. The van der Waals surface area contributed by atoms with Gasteiger partial charge in [-0.3, -0.25) is 9.80 Å². The van der Waals surface area contributed by atoms with Gasteiger partial charge in [0.1, 0.15) is 0 Å². The summed E-state index contributed by atoms with van der Waals surface area (Å²) in [6, 6.07) is 21.5. The number of piperidine rings is 1. The van der Waals surface area contributed by atoms with Gasteiger partial charge in [-0.2, -0.15) is 0 Å². The molecule has 2 aromatic carbocycles. The van der Waals surface area contributed by atoms with Crippen LogP contribution in [0.3, 0.4) is 0 Å². The molecule has 0 aliphatic carbocycles. The molecule has 2 aromatic rings. The first-order valence-corrected chi connectivity index (χ1v) is 11.6. The average Bonchev–Trinajstić information content (AvgIpc) is 2.80. The second kappa shape index (κ2) is 9.77. The second-order valence-corrected chi connectivity index (χ2v) is 8.79. The van der Waals surface area contributed by atoms with Crippen LogP contribution in [0.25, 0.3) is 0 Å². The topological polar surface area (TPSA) is 9.72 Å². The highest BCUT2D eigenvalue weighted by Crippen LogP contribution is 2.27. The van der Waals surface area contributed by atoms with E-state index in [0.717, 1.165) is 19.1 Å². The Morgan fingerprint density at radius 1 is 0.828 bits per heavy atom. The van der Waals surface area contributed by atoms with Gasteiger partial charge in [0, 0.05) is 57.0 Å². The molecule has 0 saturated carbocycles. The number of nitrogens with zero attached hydrogens (tertiary/aromatic N) is 3. The Morgan fingerprint density at radius 3 is 2.10 bits per heavy atom. The van der Waals surface area contributed by atoms with Crippen molar-refractivity contribution >= 4 is 5.69 Å². The zero-order valence-corrected chi connectivity index (χ0v) is 18.3. The lowest BCUT2D eigenvalue weighted by Crippen LogP contribution is -2.53. The fraction of sp³-hybridized carbons (Fsp3) is 0.538. The molecule has 3 heteroatoms. The fourth-order valence-corrected chi connectivity index (χ4v) is 5.09. The van der Waals surface area contributed by atoms with Crippen LogP contribution in [-0.4, -0.2) is 55.1 Å². The fourth-order valence-electron chi connectivity index (χ4n) is 5.09.